The van der Waals surface area contributed by atoms with Crippen LogP contribution in [0.5, 0.6) is 0 Å². The first kappa shape index (κ1) is 74.4. The normalized spacial score (nSPS) is 18.4. The van der Waals surface area contributed by atoms with Crippen LogP contribution in [-0.4, -0.2) is 125 Å². The molecule has 6 aromatic rings. The molecule has 0 radical (unpaired) electrons. The number of β-amino-alcohol motifs (C(OH)–C–C–N with tert-alkyl or cyclic N) is 1. The van der Waals surface area contributed by atoms with E-state index < -0.39 is 33.0 Å². The number of amides is 2. The van der Waals surface area contributed by atoms with Crippen molar-refractivity contribution in [2.75, 3.05) is 39.3 Å². The minimum absolute atomic E-state index is 0.0391. The molecule has 0 saturated carbocycles. The first-order valence-electron chi connectivity index (χ1n) is 32.8. The van der Waals surface area contributed by atoms with Crippen molar-refractivity contribution in [1.29, 1.82) is 0 Å². The fourth-order valence-electron chi connectivity index (χ4n) is 10.5. The zero-order chi connectivity index (χ0) is 67.7. The largest absolute Gasteiger partial charge is 0.444 e. The summed E-state index contributed by atoms with van der Waals surface area (Å²) in [4.78, 5) is 39.7. The molecule has 4 heterocycles. The van der Waals surface area contributed by atoms with E-state index in [4.69, 9.17) is 34.9 Å². The van der Waals surface area contributed by atoms with Gasteiger partial charge in [0.05, 0.1) is 42.2 Å². The van der Waals surface area contributed by atoms with Crippen LogP contribution in [0.2, 0.25) is 36.3 Å². The predicted molar refractivity (Wildman–Crippen MR) is 381 cm³/mol. The van der Waals surface area contributed by atoms with Crippen LogP contribution in [0.25, 0.3) is 22.5 Å². The van der Waals surface area contributed by atoms with E-state index in [2.05, 4.69) is 232 Å². The topological polar surface area (TPSA) is 148 Å². The number of carbonyl (C=O) groups excluding carboxylic acids is 2. The van der Waals surface area contributed by atoms with Gasteiger partial charge in [0.25, 0.3) is 0 Å². The summed E-state index contributed by atoms with van der Waals surface area (Å²) in [5, 5.41) is 18.9. The summed E-state index contributed by atoms with van der Waals surface area (Å²) >= 11 is 6.15. The van der Waals surface area contributed by atoms with E-state index in [9.17, 15) is 14.7 Å². The Labute approximate surface area is 554 Å². The van der Waals surface area contributed by atoms with Crippen molar-refractivity contribution in [3.8, 4) is 22.5 Å². The highest BCUT2D eigenvalue weighted by atomic mass is 35.6. The van der Waals surface area contributed by atoms with Crippen molar-refractivity contribution < 1.29 is 28.6 Å². The van der Waals surface area contributed by atoms with Gasteiger partial charge in [-0.2, -0.15) is 11.1 Å². The van der Waals surface area contributed by atoms with Crippen molar-refractivity contribution >= 4 is 39.0 Å². The average molecular weight is 1300 g/mol. The van der Waals surface area contributed by atoms with E-state index in [0.29, 0.717) is 44.3 Å². The van der Waals surface area contributed by atoms with Crippen molar-refractivity contribution in [1.82, 2.24) is 39.5 Å². The monoisotopic (exact) mass is 1300 g/mol. The molecule has 8 rings (SSSR count). The lowest BCUT2D eigenvalue weighted by Crippen LogP contribution is -2.47. The number of carbonyl (C=O) groups is 2. The summed E-state index contributed by atoms with van der Waals surface area (Å²) in [6.07, 6.45) is 2.98. The lowest BCUT2D eigenvalue weighted by atomic mass is 9.85. The highest BCUT2D eigenvalue weighted by molar-refractivity contribution is 7.20. The van der Waals surface area contributed by atoms with Crippen LogP contribution in [0.15, 0.2) is 134 Å². The van der Waals surface area contributed by atoms with Crippen LogP contribution in [0, 0.1) is 22.7 Å². The van der Waals surface area contributed by atoms with E-state index in [1.165, 1.54) is 11.1 Å². The predicted octanol–water partition coefficient (Wildman–Crippen LogP) is 17.3. The number of aromatic nitrogens is 4. The van der Waals surface area contributed by atoms with Crippen LogP contribution in [0.3, 0.4) is 0 Å². The first-order valence-corrected chi connectivity index (χ1v) is 39.7. The second kappa shape index (κ2) is 30.2. The van der Waals surface area contributed by atoms with Gasteiger partial charge >= 0.3 is 12.2 Å². The van der Waals surface area contributed by atoms with Crippen molar-refractivity contribution in [2.24, 2.45) is 22.7 Å². The molecule has 2 saturated heterocycles. The third-order valence-electron chi connectivity index (χ3n) is 17.7. The van der Waals surface area contributed by atoms with E-state index in [0.717, 1.165) is 40.7 Å². The Morgan fingerprint density at radius 3 is 1.21 bits per heavy atom. The van der Waals surface area contributed by atoms with Gasteiger partial charge in [0.2, 0.25) is 0 Å². The number of nitrogens with one attached hydrogen (secondary N) is 2. The highest BCUT2D eigenvalue weighted by Gasteiger charge is 2.46. The van der Waals surface area contributed by atoms with Gasteiger partial charge in [-0.3, -0.25) is 0 Å². The minimum atomic E-state index is -2.09. The third kappa shape index (κ3) is 22.0. The molecule has 0 unspecified atom stereocenters. The van der Waals surface area contributed by atoms with Crippen LogP contribution in [0.1, 0.15) is 159 Å². The van der Waals surface area contributed by atoms with Gasteiger partial charge in [0.15, 0.2) is 15.7 Å². The summed E-state index contributed by atoms with van der Waals surface area (Å²) in [7, 11) is -3.48. The molecular formula is C74H113ClN8O6Si2. The first-order chi connectivity index (χ1) is 42.0. The molecule has 2 fully saturated rings. The summed E-state index contributed by atoms with van der Waals surface area (Å²) in [6.45, 7) is 51.6. The number of hydrogen-bond donors (Lipinski definition) is 3. The van der Waals surface area contributed by atoms with E-state index in [1.807, 2.05) is 76.8 Å². The Morgan fingerprint density at radius 2 is 0.868 bits per heavy atom. The van der Waals surface area contributed by atoms with E-state index in [1.54, 1.807) is 4.90 Å². The molecule has 0 bridgehead atoms. The molecule has 2 aromatic heterocycles. The summed E-state index contributed by atoms with van der Waals surface area (Å²) in [5.74, 6) is 1.98. The fourth-order valence-corrected chi connectivity index (χ4v) is 11.8. The standard InChI is InChI=1S/C37H56N4O3Si.C31H42N4O3.C6H15ClSi/c1-35(2,3)32(33-39-30(28-20-16-13-17-21-28)25-40(33)23-27-18-14-12-15-19-27)38-22-29-24-41(34(42)43-36(4,5)6)26-31(29)44-45(10,11)37(7,8)9;1-30(2,3)27(32-17-24-19-35(21-26(24)36)29(37)38-31(4,5)6)28-33-25(23-15-11-8-12-16-23)20-34(28)18-22-13-9-7-10-14-22;1-6(2,3)8(4,5)7/h12-21,25,29,31-32,38H,22-24,26H2,1-11H3;7-16,20,24,26-27,32,36H,17-19,21H2,1-6H3;1-5H3/t29-,31-,32-;24-,26-,27-;/m00./s1. The van der Waals surface area contributed by atoms with Crippen LogP contribution < -0.4 is 10.6 Å². The lowest BCUT2D eigenvalue weighted by Gasteiger charge is -2.40. The molecule has 0 spiro atoms. The number of hydrogen-bond acceptors (Lipinski definition) is 10. The molecule has 2 aliphatic heterocycles. The number of aliphatic hydroxyl groups is 1. The molecule has 3 N–H and O–H groups in total. The van der Waals surface area contributed by atoms with Crippen LogP contribution >= 0.6 is 11.1 Å². The van der Waals surface area contributed by atoms with Gasteiger partial charge in [0.1, 0.15) is 22.9 Å². The zero-order valence-corrected chi connectivity index (χ0v) is 62.1. The quantitative estimate of drug-likeness (QED) is 0.0632. The second-order valence-electron chi connectivity index (χ2n) is 32.3. The molecular weight excluding hydrogens is 1190 g/mol. The number of ether oxygens (including phenoxy) is 2. The summed E-state index contributed by atoms with van der Waals surface area (Å²) in [6, 6.07) is 41.5. The molecule has 91 heavy (non-hydrogen) atoms. The van der Waals surface area contributed by atoms with Gasteiger partial charge < -0.3 is 48.6 Å². The Morgan fingerprint density at radius 1 is 0.527 bits per heavy atom. The van der Waals surface area contributed by atoms with Gasteiger partial charge in [-0.25, -0.2) is 19.6 Å². The van der Waals surface area contributed by atoms with Gasteiger partial charge in [-0.1, -0.05) is 218 Å². The molecule has 2 amide bonds. The Balaban J connectivity index is 0.000000261. The molecule has 4 aromatic carbocycles. The van der Waals surface area contributed by atoms with Crippen LogP contribution in [-0.2, 0) is 27.0 Å². The second-order valence-corrected chi connectivity index (χ2v) is 44.4. The average Bonchev–Trinajstić information content (AvgIpc) is 1.69. The van der Waals surface area contributed by atoms with Crippen molar-refractivity contribution in [3.05, 3.63) is 156 Å². The number of imidazole rings is 2. The molecule has 17 heteroatoms. The number of nitrogens with zero attached hydrogens (tertiary/aromatic N) is 6. The summed E-state index contributed by atoms with van der Waals surface area (Å²) < 4.78 is 22.9. The third-order valence-corrected chi connectivity index (χ3v) is 27.5. The number of aliphatic hydroxyl groups excluding tert-OH is 1. The molecule has 2 aliphatic rings. The summed E-state index contributed by atoms with van der Waals surface area (Å²) in [5.41, 5.74) is 5.12. The van der Waals surface area contributed by atoms with Gasteiger partial charge in [-0.15, -0.1) is 0 Å². The maximum Gasteiger partial charge on any atom is 0.410 e. The highest BCUT2D eigenvalue weighted by Crippen LogP contribution is 2.42. The van der Waals surface area contributed by atoms with Crippen molar-refractivity contribution in [3.63, 3.8) is 0 Å². The molecule has 0 aliphatic carbocycles. The zero-order valence-electron chi connectivity index (χ0n) is 59.4. The Bertz CT molecular complexity index is 3210. The maximum atomic E-state index is 13.2. The molecule has 500 valence electrons. The SMILES string of the molecule is CC(C)(C)OC(=O)N1C[C@H](CN[C@@H](c2nc(-c3ccccc3)cn2Cc2ccccc2)C(C)(C)C)[C@@H](O)C1.CC(C)(C)OC(=O)N1C[C@H](CN[C@@H](c2nc(-c3ccccc3)cn2Cc2ccccc2)C(C)(C)C)[C@@H](O[Si](C)(C)C(C)(C)C)C1.CC(C)(C)[Si](C)(C)Cl. The number of halogens is 1. The van der Waals surface area contributed by atoms with E-state index in [-0.39, 0.29) is 64.6 Å². The smallest absolute Gasteiger partial charge is 0.410 e. The van der Waals surface area contributed by atoms with Crippen molar-refractivity contribution in [2.45, 2.75) is 209 Å². The fraction of sp³-hybridized carbons (Fsp3) is 0.568. The van der Waals surface area contributed by atoms with Gasteiger partial charge in [-0.05, 0) is 86.7 Å². The molecule has 14 nitrogen and oxygen atoms in total. The molecule has 6 atom stereocenters. The van der Waals surface area contributed by atoms with Crippen LogP contribution in [0.4, 0.5) is 9.59 Å². The Kier molecular flexibility index (Phi) is 24.7. The maximum absolute atomic E-state index is 13.2. The number of benzene rings is 4. The van der Waals surface area contributed by atoms with Gasteiger partial charge in [0, 0.05) is 81.2 Å². The number of likely N-dealkylation sites (tertiary alicyclic amines) is 2. The lowest BCUT2D eigenvalue weighted by molar-refractivity contribution is 0.0262. The number of rotatable bonds is 16. The van der Waals surface area contributed by atoms with E-state index >= 15 is 0 Å². The minimum Gasteiger partial charge on any atom is -0.444 e. The Hall–Kier alpha value is -5.60.